The van der Waals surface area contributed by atoms with Crippen LogP contribution in [0.25, 0.3) is 22.6 Å². The number of benzene rings is 2. The molecule has 2 heterocycles. The van der Waals surface area contributed by atoms with Crippen molar-refractivity contribution in [3.63, 3.8) is 0 Å². The van der Waals surface area contributed by atoms with Crippen molar-refractivity contribution in [2.75, 3.05) is 19.5 Å². The monoisotopic (exact) mass is 485 g/mol. The van der Waals surface area contributed by atoms with Crippen molar-refractivity contribution in [3.05, 3.63) is 60.5 Å². The van der Waals surface area contributed by atoms with Crippen molar-refractivity contribution in [2.45, 2.75) is 24.8 Å². The minimum atomic E-state index is -3.54. The van der Waals surface area contributed by atoms with E-state index in [0.29, 0.717) is 34.9 Å². The first-order valence-corrected chi connectivity index (χ1v) is 12.3. The van der Waals surface area contributed by atoms with E-state index in [1.807, 2.05) is 13.0 Å². The average Bonchev–Trinajstić information content (AvgIpc) is 3.25. The highest BCUT2D eigenvalue weighted by atomic mass is 32.2. The zero-order chi connectivity index (χ0) is 24.3. The molecule has 2 aromatic carbocycles. The summed E-state index contributed by atoms with van der Waals surface area (Å²) in [5.74, 6) is 0.263. The number of hydrogen-bond acceptors (Lipinski definition) is 7. The number of methoxy groups -OCH3 is 1. The highest BCUT2D eigenvalue weighted by Gasteiger charge is 2.17. The van der Waals surface area contributed by atoms with Gasteiger partial charge in [-0.2, -0.15) is 0 Å². The fourth-order valence-electron chi connectivity index (χ4n) is 3.37. The number of nitrogens with one attached hydrogen (secondary N) is 1. The summed E-state index contributed by atoms with van der Waals surface area (Å²) in [6, 6.07) is 12.3. The number of halogens is 1. The Balaban J connectivity index is 1.72. The molecule has 0 bridgehead atoms. The quantitative estimate of drug-likeness (QED) is 0.364. The van der Waals surface area contributed by atoms with Crippen LogP contribution < -0.4 is 9.47 Å². The van der Waals surface area contributed by atoms with E-state index in [9.17, 15) is 12.8 Å². The summed E-state index contributed by atoms with van der Waals surface area (Å²) < 4.78 is 55.7. The molecular weight excluding hydrogens is 461 g/mol. The van der Waals surface area contributed by atoms with Gasteiger partial charge in [0.05, 0.1) is 17.3 Å². The molecule has 4 aromatic rings. The van der Waals surface area contributed by atoms with Crippen molar-refractivity contribution in [2.24, 2.45) is 0 Å². The van der Waals surface area contributed by atoms with Gasteiger partial charge in [0.1, 0.15) is 28.9 Å². The summed E-state index contributed by atoms with van der Waals surface area (Å²) >= 11 is 0. The fraction of sp³-hybridized carbons (Fsp3) is 0.250. The van der Waals surface area contributed by atoms with Crippen LogP contribution in [-0.2, 0) is 14.6 Å². The Kier molecular flexibility index (Phi) is 6.80. The molecular formula is C24H24FN3O5S. The number of pyridine rings is 1. The SMILES string of the molecule is CCS(=O)(=O)c1ccc(Oc2cc(O[C@@H](C)COC)cc(-c3nc4cccnc4[nH]3)c2)c(F)c1. The van der Waals surface area contributed by atoms with Gasteiger partial charge in [-0.15, -0.1) is 0 Å². The highest BCUT2D eigenvalue weighted by molar-refractivity contribution is 7.91. The van der Waals surface area contributed by atoms with Crippen LogP contribution in [0.4, 0.5) is 4.39 Å². The van der Waals surface area contributed by atoms with Gasteiger partial charge in [-0.3, -0.25) is 0 Å². The summed E-state index contributed by atoms with van der Waals surface area (Å²) in [5, 5.41) is 0. The zero-order valence-corrected chi connectivity index (χ0v) is 19.7. The lowest BCUT2D eigenvalue weighted by molar-refractivity contribution is 0.0920. The number of nitrogens with zero attached hydrogens (tertiary/aromatic N) is 2. The third-order valence-electron chi connectivity index (χ3n) is 5.02. The number of imidazole rings is 1. The number of sulfone groups is 1. The van der Waals surface area contributed by atoms with Gasteiger partial charge in [0.2, 0.25) is 0 Å². The van der Waals surface area contributed by atoms with Crippen LogP contribution in [0.5, 0.6) is 17.2 Å². The molecule has 0 radical (unpaired) electrons. The molecule has 0 amide bonds. The van der Waals surface area contributed by atoms with E-state index in [1.165, 1.54) is 19.1 Å². The van der Waals surface area contributed by atoms with Crippen LogP contribution in [0.15, 0.2) is 59.6 Å². The van der Waals surface area contributed by atoms with Gasteiger partial charge in [-0.1, -0.05) is 6.92 Å². The Morgan fingerprint density at radius 3 is 2.62 bits per heavy atom. The molecule has 0 unspecified atom stereocenters. The van der Waals surface area contributed by atoms with E-state index >= 15 is 0 Å². The largest absolute Gasteiger partial charge is 0.488 e. The molecule has 0 spiro atoms. The molecule has 34 heavy (non-hydrogen) atoms. The Bertz CT molecular complexity index is 1390. The molecule has 10 heteroatoms. The molecule has 4 rings (SSSR count). The maximum atomic E-state index is 14.7. The smallest absolute Gasteiger partial charge is 0.178 e. The van der Waals surface area contributed by atoms with Crippen molar-refractivity contribution >= 4 is 21.0 Å². The topological polar surface area (TPSA) is 103 Å². The molecule has 0 aliphatic heterocycles. The number of rotatable bonds is 9. The third-order valence-corrected chi connectivity index (χ3v) is 6.75. The van der Waals surface area contributed by atoms with Gasteiger partial charge in [0, 0.05) is 24.9 Å². The molecule has 0 aliphatic rings. The molecule has 178 valence electrons. The molecule has 1 N–H and O–H groups in total. The summed E-state index contributed by atoms with van der Waals surface area (Å²) in [4.78, 5) is 11.9. The number of fused-ring (bicyclic) bond motifs is 1. The van der Waals surface area contributed by atoms with Crippen molar-refractivity contribution in [1.82, 2.24) is 15.0 Å². The lowest BCUT2D eigenvalue weighted by atomic mass is 10.2. The molecule has 8 nitrogen and oxygen atoms in total. The van der Waals surface area contributed by atoms with Crippen LogP contribution in [0.2, 0.25) is 0 Å². The first-order valence-electron chi connectivity index (χ1n) is 10.6. The Labute approximate surface area is 196 Å². The van der Waals surface area contributed by atoms with Crippen LogP contribution in [0, 0.1) is 5.82 Å². The molecule has 2 aromatic heterocycles. The van der Waals surface area contributed by atoms with Gasteiger partial charge in [0.15, 0.2) is 27.1 Å². The van der Waals surface area contributed by atoms with Gasteiger partial charge in [0.25, 0.3) is 0 Å². The van der Waals surface area contributed by atoms with E-state index in [2.05, 4.69) is 15.0 Å². The van der Waals surface area contributed by atoms with Crippen molar-refractivity contribution in [3.8, 4) is 28.6 Å². The number of hydrogen-bond donors (Lipinski definition) is 1. The van der Waals surface area contributed by atoms with Crippen LogP contribution >= 0.6 is 0 Å². The van der Waals surface area contributed by atoms with E-state index in [1.54, 1.807) is 37.6 Å². The standard InChI is InChI=1S/C24H24FN3O5S/c1-4-34(29,30)19-7-8-22(20(25)13-19)33-18-11-16(10-17(12-18)32-15(2)14-31-3)23-27-21-6-5-9-26-24(21)28-23/h5-13,15H,4,14H2,1-3H3,(H,26,27,28)/t15-/m0/s1. The molecule has 0 saturated heterocycles. The Morgan fingerprint density at radius 1 is 1.12 bits per heavy atom. The lowest BCUT2D eigenvalue weighted by Crippen LogP contribution is -2.17. The minimum absolute atomic E-state index is 0.0965. The van der Waals surface area contributed by atoms with E-state index < -0.39 is 15.7 Å². The second-order valence-corrected chi connectivity index (χ2v) is 9.91. The maximum absolute atomic E-state index is 14.7. The molecule has 0 saturated carbocycles. The van der Waals surface area contributed by atoms with E-state index in [4.69, 9.17) is 14.2 Å². The average molecular weight is 486 g/mol. The first-order chi connectivity index (χ1) is 16.3. The van der Waals surface area contributed by atoms with E-state index in [-0.39, 0.29) is 28.3 Å². The maximum Gasteiger partial charge on any atom is 0.178 e. The summed E-state index contributed by atoms with van der Waals surface area (Å²) in [6.07, 6.45) is 1.41. The van der Waals surface area contributed by atoms with Crippen molar-refractivity contribution in [1.29, 1.82) is 0 Å². The minimum Gasteiger partial charge on any atom is -0.488 e. The second kappa shape index (κ2) is 9.78. The molecule has 0 fully saturated rings. The lowest BCUT2D eigenvalue weighted by Gasteiger charge is -2.16. The zero-order valence-electron chi connectivity index (χ0n) is 18.9. The second-order valence-electron chi connectivity index (χ2n) is 7.63. The van der Waals surface area contributed by atoms with Crippen molar-refractivity contribution < 1.29 is 27.0 Å². The Hall–Kier alpha value is -3.50. The Morgan fingerprint density at radius 2 is 1.91 bits per heavy atom. The normalized spacial score (nSPS) is 12.6. The van der Waals surface area contributed by atoms with Gasteiger partial charge in [-0.25, -0.2) is 22.8 Å². The molecule has 1 atom stereocenters. The predicted molar refractivity (Wildman–Crippen MR) is 125 cm³/mol. The predicted octanol–water partition coefficient (Wildman–Crippen LogP) is 4.76. The van der Waals surface area contributed by atoms with Crippen LogP contribution in [0.1, 0.15) is 13.8 Å². The number of aromatic amines is 1. The highest BCUT2D eigenvalue weighted by Crippen LogP contribution is 2.34. The first kappa shape index (κ1) is 23.7. The summed E-state index contributed by atoms with van der Waals surface area (Å²) in [6.45, 7) is 3.73. The summed E-state index contributed by atoms with van der Waals surface area (Å²) in [5.41, 5.74) is 1.95. The number of ether oxygens (including phenoxy) is 3. The summed E-state index contributed by atoms with van der Waals surface area (Å²) in [7, 11) is -1.96. The van der Waals surface area contributed by atoms with Gasteiger partial charge >= 0.3 is 0 Å². The number of H-pyrrole nitrogens is 1. The third kappa shape index (κ3) is 5.18. The number of aromatic nitrogens is 3. The van der Waals surface area contributed by atoms with Crippen LogP contribution in [0.3, 0.4) is 0 Å². The van der Waals surface area contributed by atoms with Gasteiger partial charge in [-0.05, 0) is 49.4 Å². The van der Waals surface area contributed by atoms with Gasteiger partial charge < -0.3 is 19.2 Å². The van der Waals surface area contributed by atoms with E-state index in [0.717, 1.165) is 6.07 Å². The molecule has 0 aliphatic carbocycles. The fourth-order valence-corrected chi connectivity index (χ4v) is 4.26. The van der Waals surface area contributed by atoms with Crippen LogP contribution in [-0.4, -0.2) is 48.9 Å².